The normalized spacial score (nSPS) is 14.8. The molecule has 1 atom stereocenters. The molecule has 1 aliphatic rings. The van der Waals surface area contributed by atoms with Crippen molar-refractivity contribution in [3.8, 4) is 0 Å². The lowest BCUT2D eigenvalue weighted by Crippen LogP contribution is -2.24. The molecule has 0 radical (unpaired) electrons. The summed E-state index contributed by atoms with van der Waals surface area (Å²) in [5.74, 6) is -1.53. The molecule has 146 valence electrons. The fourth-order valence-electron chi connectivity index (χ4n) is 2.78. The predicted octanol–water partition coefficient (Wildman–Crippen LogP) is 0.682. The minimum atomic E-state index is -0.847. The molecule has 2 heterocycles. The topological polar surface area (TPSA) is 142 Å². The number of aromatic nitrogens is 3. The van der Waals surface area contributed by atoms with Gasteiger partial charge in [0, 0.05) is 5.69 Å². The van der Waals surface area contributed by atoms with E-state index in [0.29, 0.717) is 5.82 Å². The van der Waals surface area contributed by atoms with E-state index in [1.165, 1.54) is 37.1 Å². The van der Waals surface area contributed by atoms with Crippen molar-refractivity contribution >= 4 is 35.4 Å². The quantitative estimate of drug-likeness (QED) is 0.714. The van der Waals surface area contributed by atoms with Gasteiger partial charge >= 0.3 is 11.9 Å². The third-order valence-corrected chi connectivity index (χ3v) is 4.01. The SMILES string of the molecule is COC(=O)c1cc(NC(=O)C[C@H]2C(=O)Nc3nc(C)nn32)cc(C(=O)OC)c1. The first-order valence-electron chi connectivity index (χ1n) is 8.18. The van der Waals surface area contributed by atoms with Crippen LogP contribution in [-0.2, 0) is 19.1 Å². The monoisotopic (exact) mass is 387 g/mol. The summed E-state index contributed by atoms with van der Waals surface area (Å²) in [6.07, 6.45) is -0.211. The molecule has 3 rings (SSSR count). The third kappa shape index (κ3) is 3.68. The number of anilines is 2. The number of nitrogens with one attached hydrogen (secondary N) is 2. The summed E-state index contributed by atoms with van der Waals surface area (Å²) < 4.78 is 10.7. The summed E-state index contributed by atoms with van der Waals surface area (Å²) in [5, 5.41) is 9.22. The van der Waals surface area contributed by atoms with E-state index in [0.717, 1.165) is 0 Å². The van der Waals surface area contributed by atoms with Crippen LogP contribution in [-0.4, -0.2) is 52.7 Å². The fraction of sp³-hybridized carbons (Fsp3) is 0.294. The zero-order valence-corrected chi connectivity index (χ0v) is 15.3. The van der Waals surface area contributed by atoms with Crippen LogP contribution >= 0.6 is 0 Å². The maximum Gasteiger partial charge on any atom is 0.337 e. The molecular formula is C17H17N5O6. The van der Waals surface area contributed by atoms with E-state index in [1.807, 2.05) is 0 Å². The molecule has 2 N–H and O–H groups in total. The lowest BCUT2D eigenvalue weighted by atomic mass is 10.1. The Labute approximate surface area is 159 Å². The van der Waals surface area contributed by atoms with Crippen LogP contribution in [0.5, 0.6) is 0 Å². The lowest BCUT2D eigenvalue weighted by Gasteiger charge is -2.12. The summed E-state index contributed by atoms with van der Waals surface area (Å²) in [6.45, 7) is 1.67. The van der Waals surface area contributed by atoms with Gasteiger partial charge in [0.05, 0.1) is 31.8 Å². The Kier molecular flexibility index (Phi) is 5.07. The molecule has 28 heavy (non-hydrogen) atoms. The van der Waals surface area contributed by atoms with Crippen LogP contribution in [0, 0.1) is 6.92 Å². The molecular weight excluding hydrogens is 370 g/mol. The van der Waals surface area contributed by atoms with Gasteiger partial charge in [-0.25, -0.2) is 14.3 Å². The maximum absolute atomic E-state index is 12.4. The predicted molar refractivity (Wildman–Crippen MR) is 94.8 cm³/mol. The second-order valence-corrected chi connectivity index (χ2v) is 5.97. The van der Waals surface area contributed by atoms with Crippen molar-refractivity contribution in [3.63, 3.8) is 0 Å². The van der Waals surface area contributed by atoms with Gasteiger partial charge in [0.25, 0.3) is 5.91 Å². The Bertz CT molecular complexity index is 948. The van der Waals surface area contributed by atoms with Crippen LogP contribution in [0.4, 0.5) is 11.6 Å². The highest BCUT2D eigenvalue weighted by atomic mass is 16.5. The number of amides is 2. The van der Waals surface area contributed by atoms with Crippen LogP contribution in [0.3, 0.4) is 0 Å². The second-order valence-electron chi connectivity index (χ2n) is 5.97. The van der Waals surface area contributed by atoms with Gasteiger partial charge in [-0.2, -0.15) is 10.1 Å². The molecule has 0 saturated carbocycles. The number of hydrogen-bond acceptors (Lipinski definition) is 8. The number of nitrogens with zero attached hydrogens (tertiary/aromatic N) is 3. The van der Waals surface area contributed by atoms with Crippen LogP contribution in [0.1, 0.15) is 39.0 Å². The van der Waals surface area contributed by atoms with Crippen molar-refractivity contribution in [2.75, 3.05) is 24.9 Å². The first-order valence-corrected chi connectivity index (χ1v) is 8.18. The van der Waals surface area contributed by atoms with E-state index in [-0.39, 0.29) is 29.2 Å². The van der Waals surface area contributed by atoms with Gasteiger partial charge in [-0.05, 0) is 25.1 Å². The molecule has 0 spiro atoms. The molecule has 0 bridgehead atoms. The van der Waals surface area contributed by atoms with Crippen LogP contribution in [0.25, 0.3) is 0 Å². The van der Waals surface area contributed by atoms with Gasteiger partial charge in [0.1, 0.15) is 11.9 Å². The van der Waals surface area contributed by atoms with Gasteiger partial charge in [-0.3, -0.25) is 14.9 Å². The summed E-state index contributed by atoms with van der Waals surface area (Å²) >= 11 is 0. The van der Waals surface area contributed by atoms with Crippen molar-refractivity contribution in [2.24, 2.45) is 0 Å². The van der Waals surface area contributed by atoms with Crippen LogP contribution < -0.4 is 10.6 Å². The largest absolute Gasteiger partial charge is 0.465 e. The number of carbonyl (C=O) groups excluding carboxylic acids is 4. The minimum Gasteiger partial charge on any atom is -0.465 e. The van der Waals surface area contributed by atoms with E-state index in [1.54, 1.807) is 6.92 Å². The van der Waals surface area contributed by atoms with E-state index < -0.39 is 29.8 Å². The summed E-state index contributed by atoms with van der Waals surface area (Å²) in [4.78, 5) is 52.2. The Balaban J connectivity index is 1.80. The minimum absolute atomic E-state index is 0.0634. The van der Waals surface area contributed by atoms with Gasteiger partial charge in [0.15, 0.2) is 0 Å². The highest BCUT2D eigenvalue weighted by Gasteiger charge is 2.34. The van der Waals surface area contributed by atoms with Gasteiger partial charge < -0.3 is 14.8 Å². The summed E-state index contributed by atoms with van der Waals surface area (Å²) in [5.41, 5.74) is 0.309. The number of carbonyl (C=O) groups is 4. The average Bonchev–Trinajstić information content (AvgIpc) is 3.16. The lowest BCUT2D eigenvalue weighted by molar-refractivity contribution is -0.123. The smallest absolute Gasteiger partial charge is 0.337 e. The van der Waals surface area contributed by atoms with Crippen LogP contribution in [0.2, 0.25) is 0 Å². The molecule has 11 nitrogen and oxygen atoms in total. The van der Waals surface area contributed by atoms with Crippen LogP contribution in [0.15, 0.2) is 18.2 Å². The second kappa shape index (κ2) is 7.47. The summed E-state index contributed by atoms with van der Waals surface area (Å²) in [6, 6.07) is 3.16. The Morgan fingerprint density at radius 2 is 1.75 bits per heavy atom. The molecule has 1 aromatic heterocycles. The molecule has 11 heteroatoms. The molecule has 0 saturated heterocycles. The third-order valence-electron chi connectivity index (χ3n) is 4.01. The Hall–Kier alpha value is -3.76. The van der Waals surface area contributed by atoms with Crippen molar-refractivity contribution in [2.45, 2.75) is 19.4 Å². The number of benzene rings is 1. The van der Waals surface area contributed by atoms with E-state index in [2.05, 4.69) is 30.2 Å². The molecule has 1 aromatic carbocycles. The van der Waals surface area contributed by atoms with Gasteiger partial charge in [-0.1, -0.05) is 0 Å². The van der Waals surface area contributed by atoms with Gasteiger partial charge in [-0.15, -0.1) is 0 Å². The molecule has 2 amide bonds. The highest BCUT2D eigenvalue weighted by molar-refractivity contribution is 6.02. The van der Waals surface area contributed by atoms with E-state index >= 15 is 0 Å². The Morgan fingerprint density at radius 3 is 2.32 bits per heavy atom. The molecule has 0 fully saturated rings. The zero-order chi connectivity index (χ0) is 20.4. The van der Waals surface area contributed by atoms with Crippen molar-refractivity contribution in [3.05, 3.63) is 35.2 Å². The number of esters is 2. The van der Waals surface area contributed by atoms with Gasteiger partial charge in [0.2, 0.25) is 11.9 Å². The highest BCUT2D eigenvalue weighted by Crippen LogP contribution is 2.25. The zero-order valence-electron chi connectivity index (χ0n) is 15.3. The van der Waals surface area contributed by atoms with E-state index in [9.17, 15) is 19.2 Å². The Morgan fingerprint density at radius 1 is 1.14 bits per heavy atom. The number of fused-ring (bicyclic) bond motifs is 1. The standard InChI is InChI=1S/C17H17N5O6/c1-8-18-17-20-14(24)12(22(17)21-8)7-13(23)19-11-5-9(15(25)27-2)4-10(6-11)16(26)28-3/h4-6,12H,7H2,1-3H3,(H,19,23)(H,18,20,21,24)/t12-/m0/s1. The maximum atomic E-state index is 12.4. The van der Waals surface area contributed by atoms with Crippen molar-refractivity contribution < 1.29 is 28.7 Å². The molecule has 2 aromatic rings. The number of rotatable bonds is 5. The first-order chi connectivity index (χ1) is 13.3. The molecule has 0 aliphatic carbocycles. The first kappa shape index (κ1) is 19.0. The number of aryl methyl sites for hydroxylation is 1. The fourth-order valence-corrected chi connectivity index (χ4v) is 2.78. The van der Waals surface area contributed by atoms with Crippen molar-refractivity contribution in [1.29, 1.82) is 0 Å². The number of ether oxygens (including phenoxy) is 2. The van der Waals surface area contributed by atoms with Crippen molar-refractivity contribution in [1.82, 2.24) is 14.8 Å². The molecule has 0 unspecified atom stereocenters. The number of methoxy groups -OCH3 is 2. The number of hydrogen-bond donors (Lipinski definition) is 2. The molecule has 1 aliphatic heterocycles. The summed E-state index contributed by atoms with van der Waals surface area (Å²) in [7, 11) is 2.39. The average molecular weight is 387 g/mol. The van der Waals surface area contributed by atoms with E-state index in [4.69, 9.17) is 0 Å².